The van der Waals surface area contributed by atoms with Gasteiger partial charge in [0.05, 0.1) is 5.56 Å². The first kappa shape index (κ1) is 17.7. The number of carbonyl (C=O) groups excluding carboxylic acids is 1. The first-order chi connectivity index (χ1) is 12.6. The van der Waals surface area contributed by atoms with Gasteiger partial charge >= 0.3 is 0 Å². The minimum atomic E-state index is -0.405. The van der Waals surface area contributed by atoms with E-state index in [1.165, 1.54) is 6.42 Å². The smallest absolute Gasteiger partial charge is 0.266 e. The highest BCUT2D eigenvalue weighted by Crippen LogP contribution is 2.21. The maximum Gasteiger partial charge on any atom is 0.266 e. The van der Waals surface area contributed by atoms with Gasteiger partial charge in [-0.15, -0.1) is 0 Å². The Hall–Kier alpha value is -3.10. The molecule has 1 aliphatic heterocycles. The van der Waals surface area contributed by atoms with Crippen molar-refractivity contribution in [3.05, 3.63) is 35.7 Å². The van der Waals surface area contributed by atoms with Gasteiger partial charge in [0.2, 0.25) is 0 Å². The van der Waals surface area contributed by atoms with Crippen LogP contribution in [0.3, 0.4) is 0 Å². The number of piperidine rings is 1. The van der Waals surface area contributed by atoms with Gasteiger partial charge < -0.3 is 25.3 Å². The number of pyridine rings is 1. The number of amides is 1. The first-order valence-corrected chi connectivity index (χ1v) is 8.52. The van der Waals surface area contributed by atoms with Crippen molar-refractivity contribution in [1.82, 2.24) is 10.1 Å². The van der Waals surface area contributed by atoms with Crippen molar-refractivity contribution in [1.29, 1.82) is 0 Å². The molecule has 9 heteroatoms. The van der Waals surface area contributed by atoms with E-state index in [9.17, 15) is 4.79 Å². The van der Waals surface area contributed by atoms with Gasteiger partial charge in [0.1, 0.15) is 11.6 Å². The predicted molar refractivity (Wildman–Crippen MR) is 96.8 cm³/mol. The summed E-state index contributed by atoms with van der Waals surface area (Å²) < 4.78 is 4.87. The Kier molecular flexibility index (Phi) is 5.67. The Labute approximate surface area is 151 Å². The van der Waals surface area contributed by atoms with E-state index in [-0.39, 0.29) is 12.4 Å². The summed E-state index contributed by atoms with van der Waals surface area (Å²) in [6.45, 7) is 3.33. The molecule has 0 bridgehead atoms. The van der Waals surface area contributed by atoms with Gasteiger partial charge in [-0.1, -0.05) is 10.3 Å². The van der Waals surface area contributed by atoms with Crippen LogP contribution in [0.15, 0.2) is 34.1 Å². The third-order valence-electron chi connectivity index (χ3n) is 3.97. The Morgan fingerprint density at radius 2 is 2.23 bits per heavy atom. The number of anilines is 2. The van der Waals surface area contributed by atoms with Gasteiger partial charge in [-0.3, -0.25) is 4.79 Å². The predicted octanol–water partition coefficient (Wildman–Crippen LogP) is 1.64. The van der Waals surface area contributed by atoms with E-state index in [0.29, 0.717) is 17.1 Å². The van der Waals surface area contributed by atoms with Gasteiger partial charge in [0.15, 0.2) is 18.3 Å². The van der Waals surface area contributed by atoms with E-state index in [2.05, 4.69) is 25.5 Å². The number of rotatable bonds is 6. The van der Waals surface area contributed by atoms with Crippen molar-refractivity contribution in [3.63, 3.8) is 0 Å². The Bertz CT molecular complexity index is 782. The van der Waals surface area contributed by atoms with Crippen LogP contribution < -0.4 is 16.0 Å². The van der Waals surface area contributed by atoms with Crippen LogP contribution in [0.25, 0.3) is 0 Å². The number of carbonyl (C=O) groups is 1. The van der Waals surface area contributed by atoms with E-state index < -0.39 is 5.91 Å². The second kappa shape index (κ2) is 8.32. The van der Waals surface area contributed by atoms with Gasteiger partial charge in [0, 0.05) is 25.4 Å². The number of amidine groups is 1. The molecule has 2 aromatic heterocycles. The highest BCUT2D eigenvalue weighted by molar-refractivity contribution is 6.01. The SMILES string of the molecule is Cc1cc(NC(=O)CON=C(N)c2cccnc2N2CCCCC2)no1. The zero-order chi connectivity index (χ0) is 18.4. The number of nitrogens with zero attached hydrogens (tertiary/aromatic N) is 4. The summed E-state index contributed by atoms with van der Waals surface area (Å²) >= 11 is 0. The Balaban J connectivity index is 1.60. The molecular formula is C17H22N6O3. The van der Waals surface area contributed by atoms with Crippen LogP contribution >= 0.6 is 0 Å². The van der Waals surface area contributed by atoms with Crippen molar-refractivity contribution in [3.8, 4) is 0 Å². The molecule has 0 atom stereocenters. The van der Waals surface area contributed by atoms with Gasteiger partial charge in [-0.25, -0.2) is 4.98 Å². The van der Waals surface area contributed by atoms with Crippen LogP contribution in [0, 0.1) is 6.92 Å². The van der Waals surface area contributed by atoms with Crippen molar-refractivity contribution in [2.24, 2.45) is 10.9 Å². The van der Waals surface area contributed by atoms with Crippen LogP contribution in [0.5, 0.6) is 0 Å². The number of hydrogen-bond donors (Lipinski definition) is 2. The highest BCUT2D eigenvalue weighted by atomic mass is 16.6. The molecule has 138 valence electrons. The quantitative estimate of drug-likeness (QED) is 0.458. The molecule has 0 aliphatic carbocycles. The molecule has 0 spiro atoms. The van der Waals surface area contributed by atoms with E-state index in [1.807, 2.05) is 6.07 Å². The molecule has 0 aromatic carbocycles. The first-order valence-electron chi connectivity index (χ1n) is 8.52. The molecule has 1 fully saturated rings. The third kappa shape index (κ3) is 4.50. The fourth-order valence-electron chi connectivity index (χ4n) is 2.77. The lowest BCUT2D eigenvalue weighted by atomic mass is 10.1. The largest absolute Gasteiger partial charge is 0.384 e. The van der Waals surface area contributed by atoms with Crippen LogP contribution in [-0.4, -0.2) is 41.6 Å². The van der Waals surface area contributed by atoms with Crippen LogP contribution in [0.1, 0.15) is 30.6 Å². The zero-order valence-corrected chi connectivity index (χ0v) is 14.6. The van der Waals surface area contributed by atoms with E-state index in [1.54, 1.807) is 25.3 Å². The highest BCUT2D eigenvalue weighted by Gasteiger charge is 2.17. The molecule has 3 N–H and O–H groups in total. The molecule has 3 heterocycles. The summed E-state index contributed by atoms with van der Waals surface area (Å²) in [7, 11) is 0. The molecule has 3 rings (SSSR count). The van der Waals surface area contributed by atoms with E-state index in [0.717, 1.165) is 31.7 Å². The molecule has 0 radical (unpaired) electrons. The average molecular weight is 358 g/mol. The summed E-state index contributed by atoms with van der Waals surface area (Å²) in [5.74, 6) is 1.50. The summed E-state index contributed by atoms with van der Waals surface area (Å²) in [4.78, 5) is 23.5. The summed E-state index contributed by atoms with van der Waals surface area (Å²) in [6.07, 6.45) is 5.22. The number of nitrogens with one attached hydrogen (secondary N) is 1. The number of hydrogen-bond acceptors (Lipinski definition) is 7. The minimum absolute atomic E-state index is 0.184. The lowest BCUT2D eigenvalue weighted by Crippen LogP contribution is -2.32. The van der Waals surface area contributed by atoms with E-state index in [4.69, 9.17) is 15.1 Å². The third-order valence-corrected chi connectivity index (χ3v) is 3.97. The Morgan fingerprint density at radius 1 is 1.42 bits per heavy atom. The number of nitrogens with two attached hydrogens (primary N) is 1. The maximum atomic E-state index is 11.8. The van der Waals surface area contributed by atoms with Crippen molar-refractivity contribution >= 4 is 23.4 Å². The van der Waals surface area contributed by atoms with Gasteiger partial charge in [-0.2, -0.15) is 0 Å². The van der Waals surface area contributed by atoms with E-state index >= 15 is 0 Å². The molecule has 1 saturated heterocycles. The molecule has 1 aliphatic rings. The zero-order valence-electron chi connectivity index (χ0n) is 14.6. The minimum Gasteiger partial charge on any atom is -0.384 e. The maximum absolute atomic E-state index is 11.8. The fourth-order valence-corrected chi connectivity index (χ4v) is 2.77. The second-order valence-corrected chi connectivity index (χ2v) is 6.04. The lowest BCUT2D eigenvalue weighted by Gasteiger charge is -2.29. The molecule has 26 heavy (non-hydrogen) atoms. The van der Waals surface area contributed by atoms with Gasteiger partial charge in [-0.05, 0) is 38.3 Å². The number of aryl methyl sites for hydroxylation is 1. The normalized spacial score (nSPS) is 15.0. The van der Waals surface area contributed by atoms with Crippen LogP contribution in [0.4, 0.5) is 11.6 Å². The van der Waals surface area contributed by atoms with Crippen LogP contribution in [-0.2, 0) is 9.63 Å². The van der Waals surface area contributed by atoms with Crippen molar-refractivity contribution in [2.45, 2.75) is 26.2 Å². The molecule has 0 unspecified atom stereocenters. The number of aromatic nitrogens is 2. The van der Waals surface area contributed by atoms with Crippen LogP contribution in [0.2, 0.25) is 0 Å². The molecule has 1 amide bonds. The van der Waals surface area contributed by atoms with Gasteiger partial charge in [0.25, 0.3) is 5.91 Å². The lowest BCUT2D eigenvalue weighted by molar-refractivity contribution is -0.120. The van der Waals surface area contributed by atoms with Crippen molar-refractivity contribution in [2.75, 3.05) is 29.9 Å². The second-order valence-electron chi connectivity index (χ2n) is 6.04. The molecule has 0 saturated carbocycles. The molecule has 9 nitrogen and oxygen atoms in total. The monoisotopic (exact) mass is 358 g/mol. The average Bonchev–Trinajstić information content (AvgIpc) is 3.07. The standard InChI is InChI=1S/C17H22N6O3/c1-12-10-14(21-26-12)20-15(24)11-25-22-16(18)13-6-5-7-19-17(13)23-8-3-2-4-9-23/h5-7,10H,2-4,8-9,11H2,1H3,(H2,18,22)(H,20,21,24). The molecular weight excluding hydrogens is 336 g/mol. The Morgan fingerprint density at radius 3 is 2.96 bits per heavy atom. The molecule has 2 aromatic rings. The topological polar surface area (TPSA) is 119 Å². The summed E-state index contributed by atoms with van der Waals surface area (Å²) in [5.41, 5.74) is 6.74. The summed E-state index contributed by atoms with van der Waals surface area (Å²) in [5, 5.41) is 10.1. The number of oxime groups is 1. The fraction of sp³-hybridized carbons (Fsp3) is 0.412. The van der Waals surface area contributed by atoms with Crippen molar-refractivity contribution < 1.29 is 14.2 Å². The summed E-state index contributed by atoms with van der Waals surface area (Å²) in [6, 6.07) is 5.25.